The van der Waals surface area contributed by atoms with E-state index in [1.165, 1.54) is 56.9 Å². The lowest BCUT2D eigenvalue weighted by Crippen LogP contribution is -2.18. The molecule has 0 aromatic heterocycles. The van der Waals surface area contributed by atoms with E-state index in [4.69, 9.17) is 0 Å². The van der Waals surface area contributed by atoms with Crippen LogP contribution in [0, 0.1) is 5.92 Å². The third kappa shape index (κ3) is 7.88. The van der Waals surface area contributed by atoms with Gasteiger partial charge in [0.05, 0.1) is 0 Å². The Morgan fingerprint density at radius 1 is 0.741 bits per heavy atom. The Labute approximate surface area is 170 Å². The number of benzene rings is 1. The number of rotatable bonds is 10. The van der Waals surface area contributed by atoms with E-state index in [0.29, 0.717) is 5.75 Å². The Kier molecular flexibility index (Phi) is 9.39. The Morgan fingerprint density at radius 2 is 1.22 bits per heavy atom. The second-order valence-electron chi connectivity index (χ2n) is 10.6. The van der Waals surface area contributed by atoms with Crippen LogP contribution in [0.2, 0.25) is 0 Å². The number of unbranched alkanes of at least 4 members (excludes halogenated alkanes) is 3. The van der Waals surface area contributed by atoms with Crippen molar-refractivity contribution in [2.45, 2.75) is 124 Å². The summed E-state index contributed by atoms with van der Waals surface area (Å²) in [5, 5.41) is 10.9. The third-order valence-electron chi connectivity index (χ3n) is 5.81. The zero-order chi connectivity index (χ0) is 20.7. The highest BCUT2D eigenvalue weighted by atomic mass is 16.3. The van der Waals surface area contributed by atoms with Crippen LogP contribution in [-0.2, 0) is 17.3 Å². The lowest BCUT2D eigenvalue weighted by atomic mass is 9.77. The Hall–Kier alpha value is -0.980. The molecule has 1 unspecified atom stereocenters. The topological polar surface area (TPSA) is 20.2 Å². The number of phenolic OH excluding ortho intramolecular Hbond substituents is 1. The van der Waals surface area contributed by atoms with E-state index in [9.17, 15) is 5.11 Å². The first-order valence-corrected chi connectivity index (χ1v) is 11.4. The standard InChI is InChI=1S/C26H46O/c1-9-11-13-15-20(14-12-10-2)16-17-21-18-22(25(3,4)5)24(27)23(19-21)26(6,7)8/h18-20,27H,9-17H2,1-8H3. The van der Waals surface area contributed by atoms with Crippen LogP contribution in [0.4, 0.5) is 0 Å². The van der Waals surface area contributed by atoms with Gasteiger partial charge in [-0.2, -0.15) is 0 Å². The molecule has 0 heterocycles. The highest BCUT2D eigenvalue weighted by Crippen LogP contribution is 2.40. The van der Waals surface area contributed by atoms with Crippen LogP contribution in [0.25, 0.3) is 0 Å². The highest BCUT2D eigenvalue weighted by Gasteiger charge is 2.26. The zero-order valence-electron chi connectivity index (χ0n) is 19.5. The molecule has 0 saturated carbocycles. The van der Waals surface area contributed by atoms with Crippen LogP contribution in [0.3, 0.4) is 0 Å². The van der Waals surface area contributed by atoms with Gasteiger partial charge in [0, 0.05) is 0 Å². The predicted octanol–water partition coefficient (Wildman–Crippen LogP) is 8.31. The first-order chi connectivity index (χ1) is 12.5. The van der Waals surface area contributed by atoms with E-state index >= 15 is 0 Å². The van der Waals surface area contributed by atoms with Gasteiger partial charge in [0.2, 0.25) is 0 Å². The fourth-order valence-electron chi connectivity index (χ4n) is 3.96. The molecule has 156 valence electrons. The van der Waals surface area contributed by atoms with Gasteiger partial charge in [0.15, 0.2) is 0 Å². The lowest BCUT2D eigenvalue weighted by Gasteiger charge is -2.28. The molecule has 1 aromatic carbocycles. The highest BCUT2D eigenvalue weighted by molar-refractivity contribution is 5.49. The van der Waals surface area contributed by atoms with E-state index in [1.807, 2.05) is 0 Å². The second-order valence-corrected chi connectivity index (χ2v) is 10.6. The molecule has 0 aliphatic carbocycles. The molecular formula is C26H46O. The van der Waals surface area contributed by atoms with Crippen LogP contribution in [0.5, 0.6) is 5.75 Å². The molecule has 1 heteroatoms. The van der Waals surface area contributed by atoms with E-state index in [1.54, 1.807) is 0 Å². The number of aromatic hydroxyl groups is 1. The largest absolute Gasteiger partial charge is 0.507 e. The fourth-order valence-corrected chi connectivity index (χ4v) is 3.96. The minimum Gasteiger partial charge on any atom is -0.507 e. The van der Waals surface area contributed by atoms with E-state index < -0.39 is 0 Å². The molecule has 0 fully saturated rings. The quantitative estimate of drug-likeness (QED) is 0.408. The Balaban J connectivity index is 3.03. The van der Waals surface area contributed by atoms with Crippen molar-refractivity contribution in [3.63, 3.8) is 0 Å². The molecule has 0 aliphatic heterocycles. The van der Waals surface area contributed by atoms with Gasteiger partial charge in [-0.1, -0.05) is 112 Å². The molecular weight excluding hydrogens is 328 g/mol. The van der Waals surface area contributed by atoms with Crippen molar-refractivity contribution >= 4 is 0 Å². The number of aryl methyl sites for hydroxylation is 1. The molecule has 0 aliphatic rings. The predicted molar refractivity (Wildman–Crippen MR) is 121 cm³/mol. The molecule has 0 amide bonds. The monoisotopic (exact) mass is 374 g/mol. The first-order valence-electron chi connectivity index (χ1n) is 11.4. The molecule has 0 radical (unpaired) electrons. The van der Waals surface area contributed by atoms with Crippen molar-refractivity contribution in [3.8, 4) is 5.75 Å². The molecule has 0 bridgehead atoms. The minimum atomic E-state index is -0.0389. The summed E-state index contributed by atoms with van der Waals surface area (Å²) in [5.74, 6) is 1.35. The summed E-state index contributed by atoms with van der Waals surface area (Å²) in [6.07, 6.45) is 11.9. The van der Waals surface area contributed by atoms with Crippen LogP contribution >= 0.6 is 0 Å². The van der Waals surface area contributed by atoms with Gasteiger partial charge >= 0.3 is 0 Å². The second kappa shape index (κ2) is 10.5. The van der Waals surface area contributed by atoms with Crippen LogP contribution < -0.4 is 0 Å². The van der Waals surface area contributed by atoms with E-state index in [0.717, 1.165) is 23.5 Å². The van der Waals surface area contributed by atoms with Crippen molar-refractivity contribution in [1.29, 1.82) is 0 Å². The van der Waals surface area contributed by atoms with E-state index in [2.05, 4.69) is 67.5 Å². The number of hydrogen-bond acceptors (Lipinski definition) is 1. The van der Waals surface area contributed by atoms with Crippen molar-refractivity contribution in [2.24, 2.45) is 5.92 Å². The summed E-state index contributed by atoms with van der Waals surface area (Å²) in [6, 6.07) is 4.54. The van der Waals surface area contributed by atoms with Crippen molar-refractivity contribution in [1.82, 2.24) is 0 Å². The van der Waals surface area contributed by atoms with Crippen LogP contribution in [-0.4, -0.2) is 5.11 Å². The Bertz CT molecular complexity index is 522. The normalized spacial score (nSPS) is 13.8. The molecule has 1 atom stereocenters. The molecule has 1 N–H and O–H groups in total. The lowest BCUT2D eigenvalue weighted by molar-refractivity contribution is 0.389. The average Bonchev–Trinajstić information content (AvgIpc) is 2.55. The molecule has 0 spiro atoms. The number of hydrogen-bond donors (Lipinski definition) is 1. The third-order valence-corrected chi connectivity index (χ3v) is 5.81. The minimum absolute atomic E-state index is 0.0389. The summed E-state index contributed by atoms with van der Waals surface area (Å²) in [7, 11) is 0. The molecule has 27 heavy (non-hydrogen) atoms. The maximum Gasteiger partial charge on any atom is 0.123 e. The summed E-state index contributed by atoms with van der Waals surface area (Å²) < 4.78 is 0. The maximum absolute atomic E-state index is 10.9. The first kappa shape index (κ1) is 24.1. The van der Waals surface area contributed by atoms with Gasteiger partial charge in [-0.15, -0.1) is 0 Å². The summed E-state index contributed by atoms with van der Waals surface area (Å²) in [5.41, 5.74) is 3.52. The molecule has 0 saturated heterocycles. The summed E-state index contributed by atoms with van der Waals surface area (Å²) in [4.78, 5) is 0. The van der Waals surface area contributed by atoms with E-state index in [-0.39, 0.29) is 10.8 Å². The molecule has 1 aromatic rings. The summed E-state index contributed by atoms with van der Waals surface area (Å²) >= 11 is 0. The van der Waals surface area contributed by atoms with Gasteiger partial charge in [-0.3, -0.25) is 0 Å². The van der Waals surface area contributed by atoms with Crippen LogP contribution in [0.15, 0.2) is 12.1 Å². The van der Waals surface area contributed by atoms with Crippen molar-refractivity contribution in [3.05, 3.63) is 28.8 Å². The molecule has 1 rings (SSSR count). The fraction of sp³-hybridized carbons (Fsp3) is 0.769. The number of phenols is 1. The average molecular weight is 375 g/mol. The van der Waals surface area contributed by atoms with Gasteiger partial charge in [0.25, 0.3) is 0 Å². The zero-order valence-corrected chi connectivity index (χ0v) is 19.5. The summed E-state index contributed by atoms with van der Waals surface area (Å²) in [6.45, 7) is 17.8. The van der Waals surface area contributed by atoms with Crippen molar-refractivity contribution < 1.29 is 5.11 Å². The van der Waals surface area contributed by atoms with Gasteiger partial charge in [-0.25, -0.2) is 0 Å². The van der Waals surface area contributed by atoms with Gasteiger partial charge in [0.1, 0.15) is 5.75 Å². The van der Waals surface area contributed by atoms with Gasteiger partial charge in [-0.05, 0) is 46.3 Å². The Morgan fingerprint density at radius 3 is 1.67 bits per heavy atom. The van der Waals surface area contributed by atoms with Gasteiger partial charge < -0.3 is 5.11 Å². The maximum atomic E-state index is 10.9. The SMILES string of the molecule is CCCCCC(CCCC)CCc1cc(C(C)(C)C)c(O)c(C(C)(C)C)c1. The van der Waals surface area contributed by atoms with Crippen LogP contribution in [0.1, 0.15) is 123 Å². The smallest absolute Gasteiger partial charge is 0.123 e. The molecule has 1 nitrogen and oxygen atoms in total. The van der Waals surface area contributed by atoms with Crippen molar-refractivity contribution in [2.75, 3.05) is 0 Å².